The Hall–Kier alpha value is -3.68. The first-order valence-electron chi connectivity index (χ1n) is 14.7. The Morgan fingerprint density at radius 1 is 1.07 bits per heavy atom. The van der Waals surface area contributed by atoms with Gasteiger partial charge in [0, 0.05) is 10.8 Å². The highest BCUT2D eigenvalue weighted by atomic mass is 32.1. The standard InChI is InChI=1S/C35H37NO5S/c1-21(14-24-15-22(2)33(37)23(3)16-24)11-12-30-31-25(19-40-26-8-5-4-6-9-26)17-28-32(29(31)20-41-30)35(39)36(34(28)38)18-27-10-7-13-42-27/h4-10,13-16,28-30,32,37H,11-12,17-20H2,1-3H3/b21-14+/t28-,29+,30-,32-/m1/s1. The number of allylic oxidation sites excluding steroid dienone is 1. The van der Waals surface area contributed by atoms with Crippen LogP contribution in [-0.4, -0.2) is 41.1 Å². The lowest BCUT2D eigenvalue weighted by Crippen LogP contribution is -2.35. The summed E-state index contributed by atoms with van der Waals surface area (Å²) in [4.78, 5) is 29.8. The Bertz CT molecular complexity index is 1520. The van der Waals surface area contributed by atoms with E-state index < -0.39 is 0 Å². The van der Waals surface area contributed by atoms with E-state index in [0.717, 1.165) is 51.3 Å². The lowest BCUT2D eigenvalue weighted by Gasteiger charge is -2.31. The van der Waals surface area contributed by atoms with Crippen LogP contribution in [0.1, 0.15) is 47.8 Å². The molecule has 2 amide bonds. The largest absolute Gasteiger partial charge is 0.507 e. The van der Waals surface area contributed by atoms with Gasteiger partial charge in [-0.3, -0.25) is 14.5 Å². The second-order valence-electron chi connectivity index (χ2n) is 11.8. The van der Waals surface area contributed by atoms with Gasteiger partial charge >= 0.3 is 0 Å². The maximum absolute atomic E-state index is 13.7. The quantitative estimate of drug-likeness (QED) is 0.220. The van der Waals surface area contributed by atoms with Crippen molar-refractivity contribution in [2.75, 3.05) is 13.2 Å². The third-order valence-electron chi connectivity index (χ3n) is 8.88. The van der Waals surface area contributed by atoms with Gasteiger partial charge in [-0.1, -0.05) is 35.9 Å². The van der Waals surface area contributed by atoms with Gasteiger partial charge in [0.05, 0.1) is 31.1 Å². The minimum atomic E-state index is -0.377. The molecule has 2 aliphatic heterocycles. The average molecular weight is 584 g/mol. The lowest BCUT2D eigenvalue weighted by molar-refractivity contribution is -0.140. The second-order valence-corrected chi connectivity index (χ2v) is 12.8. The molecule has 2 saturated heterocycles. The van der Waals surface area contributed by atoms with Crippen molar-refractivity contribution in [3.8, 4) is 11.5 Å². The summed E-state index contributed by atoms with van der Waals surface area (Å²) in [5.41, 5.74) is 6.28. The average Bonchev–Trinajstić information content (AvgIpc) is 3.70. The fraction of sp³-hybridized carbons (Fsp3) is 0.371. The molecule has 1 aromatic heterocycles. The number of para-hydroxylation sites is 1. The van der Waals surface area contributed by atoms with Crippen LogP contribution in [0.3, 0.4) is 0 Å². The van der Waals surface area contributed by atoms with E-state index in [1.54, 1.807) is 11.3 Å². The molecule has 2 aromatic carbocycles. The molecule has 3 aromatic rings. The van der Waals surface area contributed by atoms with Crippen LogP contribution in [0.2, 0.25) is 0 Å². The predicted molar refractivity (Wildman–Crippen MR) is 164 cm³/mol. The molecular formula is C35H37NO5S. The van der Waals surface area contributed by atoms with Gasteiger partial charge in [0.1, 0.15) is 18.1 Å². The van der Waals surface area contributed by atoms with Crippen molar-refractivity contribution in [3.63, 3.8) is 0 Å². The molecule has 0 saturated carbocycles. The molecule has 6 rings (SSSR count). The summed E-state index contributed by atoms with van der Waals surface area (Å²) in [6.07, 6.45) is 4.19. The number of ether oxygens (including phenoxy) is 2. The highest BCUT2D eigenvalue weighted by Gasteiger charge is 2.57. The Labute approximate surface area is 251 Å². The first kappa shape index (κ1) is 28.4. The van der Waals surface area contributed by atoms with Crippen LogP contribution in [-0.2, 0) is 20.9 Å². The lowest BCUT2D eigenvalue weighted by atomic mass is 9.69. The fourth-order valence-corrected chi connectivity index (χ4v) is 7.55. The van der Waals surface area contributed by atoms with Crippen LogP contribution in [0.4, 0.5) is 0 Å². The number of hydrogen-bond donors (Lipinski definition) is 1. The van der Waals surface area contributed by atoms with Crippen molar-refractivity contribution in [1.29, 1.82) is 0 Å². The summed E-state index contributed by atoms with van der Waals surface area (Å²) in [6, 6.07) is 17.6. The molecule has 6 nitrogen and oxygen atoms in total. The number of likely N-dealkylation sites (tertiary alicyclic amines) is 1. The minimum Gasteiger partial charge on any atom is -0.507 e. The number of thiophene rings is 1. The van der Waals surface area contributed by atoms with E-state index in [9.17, 15) is 14.7 Å². The zero-order valence-electron chi connectivity index (χ0n) is 24.3. The van der Waals surface area contributed by atoms with E-state index in [2.05, 4.69) is 13.0 Å². The Morgan fingerprint density at radius 2 is 1.83 bits per heavy atom. The number of amides is 2. The molecule has 3 aliphatic rings. The van der Waals surface area contributed by atoms with Crippen LogP contribution in [0.5, 0.6) is 11.5 Å². The van der Waals surface area contributed by atoms with Gasteiger partial charge in [-0.15, -0.1) is 11.3 Å². The van der Waals surface area contributed by atoms with Gasteiger partial charge < -0.3 is 14.6 Å². The number of phenolic OH excluding ortho intramolecular Hbond substituents is 1. The van der Waals surface area contributed by atoms with E-state index in [4.69, 9.17) is 9.47 Å². The van der Waals surface area contributed by atoms with E-state index in [1.165, 1.54) is 10.5 Å². The number of fused-ring (bicyclic) bond motifs is 3. The van der Waals surface area contributed by atoms with Crippen LogP contribution in [0, 0.1) is 31.6 Å². The zero-order chi connectivity index (χ0) is 29.4. The minimum absolute atomic E-state index is 0.0673. The molecular weight excluding hydrogens is 546 g/mol. The molecule has 3 heterocycles. The van der Waals surface area contributed by atoms with E-state index in [0.29, 0.717) is 31.9 Å². The predicted octanol–water partition coefficient (Wildman–Crippen LogP) is 6.85. The Kier molecular flexibility index (Phi) is 8.06. The monoisotopic (exact) mass is 583 g/mol. The number of benzene rings is 2. The van der Waals surface area contributed by atoms with Crippen molar-refractivity contribution in [3.05, 3.63) is 98.3 Å². The number of aromatic hydroxyl groups is 1. The number of carbonyl (C=O) groups excluding carboxylic acids is 2. The number of phenols is 1. The molecule has 1 N–H and O–H groups in total. The van der Waals surface area contributed by atoms with E-state index in [-0.39, 0.29) is 35.7 Å². The van der Waals surface area contributed by atoms with Crippen molar-refractivity contribution in [2.45, 2.75) is 52.7 Å². The van der Waals surface area contributed by atoms with Crippen LogP contribution < -0.4 is 4.74 Å². The number of imide groups is 1. The number of nitrogens with zero attached hydrogens (tertiary/aromatic N) is 1. The van der Waals surface area contributed by atoms with E-state index >= 15 is 0 Å². The number of hydrogen-bond acceptors (Lipinski definition) is 6. The SMILES string of the molecule is C/C(=C\c1cc(C)c(O)c(C)c1)CC[C@H]1OC[C@H]2C1=C(COc1ccccc1)C[C@H]1C(=O)N(Cc3cccs3)C(=O)[C@H]12. The highest BCUT2D eigenvalue weighted by Crippen LogP contribution is 2.50. The summed E-state index contributed by atoms with van der Waals surface area (Å²) in [5, 5.41) is 12.1. The zero-order valence-corrected chi connectivity index (χ0v) is 25.2. The molecule has 4 atom stereocenters. The Balaban J connectivity index is 1.24. The fourth-order valence-electron chi connectivity index (χ4n) is 6.86. The Morgan fingerprint density at radius 3 is 2.55 bits per heavy atom. The third kappa shape index (κ3) is 5.55. The van der Waals surface area contributed by atoms with Crippen LogP contribution in [0.25, 0.3) is 6.08 Å². The van der Waals surface area contributed by atoms with Crippen molar-refractivity contribution >= 4 is 29.2 Å². The van der Waals surface area contributed by atoms with Gasteiger partial charge in [-0.05, 0) is 104 Å². The number of rotatable bonds is 9. The summed E-state index contributed by atoms with van der Waals surface area (Å²) < 4.78 is 12.6. The molecule has 42 heavy (non-hydrogen) atoms. The van der Waals surface area contributed by atoms with Crippen molar-refractivity contribution < 1.29 is 24.2 Å². The van der Waals surface area contributed by atoms with Crippen LogP contribution >= 0.6 is 11.3 Å². The first-order chi connectivity index (χ1) is 20.3. The molecule has 2 fully saturated rings. The van der Waals surface area contributed by atoms with Gasteiger partial charge in [-0.25, -0.2) is 0 Å². The third-order valence-corrected chi connectivity index (χ3v) is 9.74. The summed E-state index contributed by atoms with van der Waals surface area (Å²) in [5.74, 6) is 0.129. The normalized spacial score (nSPS) is 23.9. The highest BCUT2D eigenvalue weighted by molar-refractivity contribution is 7.09. The van der Waals surface area contributed by atoms with Crippen molar-refractivity contribution in [2.24, 2.45) is 17.8 Å². The molecule has 0 bridgehead atoms. The second kappa shape index (κ2) is 11.9. The van der Waals surface area contributed by atoms with Gasteiger partial charge in [0.15, 0.2) is 0 Å². The summed E-state index contributed by atoms with van der Waals surface area (Å²) in [6.45, 7) is 7.12. The molecule has 0 unspecified atom stereocenters. The molecule has 218 valence electrons. The molecule has 1 aliphatic carbocycles. The summed E-state index contributed by atoms with van der Waals surface area (Å²) in [7, 11) is 0. The molecule has 7 heteroatoms. The van der Waals surface area contributed by atoms with Gasteiger partial charge in [0.2, 0.25) is 11.8 Å². The molecule has 0 spiro atoms. The van der Waals surface area contributed by atoms with E-state index in [1.807, 2.05) is 73.8 Å². The number of carbonyl (C=O) groups is 2. The van der Waals surface area contributed by atoms with Gasteiger partial charge in [-0.2, -0.15) is 0 Å². The first-order valence-corrected chi connectivity index (χ1v) is 15.5. The molecule has 0 radical (unpaired) electrons. The van der Waals surface area contributed by atoms with Crippen LogP contribution in [0.15, 0.2) is 76.7 Å². The smallest absolute Gasteiger partial charge is 0.234 e. The van der Waals surface area contributed by atoms with Crippen molar-refractivity contribution in [1.82, 2.24) is 4.90 Å². The maximum atomic E-state index is 13.7. The topological polar surface area (TPSA) is 76.1 Å². The number of aryl methyl sites for hydroxylation is 2. The van der Waals surface area contributed by atoms with Gasteiger partial charge in [0.25, 0.3) is 0 Å². The summed E-state index contributed by atoms with van der Waals surface area (Å²) >= 11 is 1.57. The maximum Gasteiger partial charge on any atom is 0.234 e.